The Morgan fingerprint density at radius 1 is 1.03 bits per heavy atom. The first-order valence-electron chi connectivity index (χ1n) is 11.1. The van der Waals surface area contributed by atoms with Crippen molar-refractivity contribution in [1.29, 1.82) is 0 Å². The van der Waals surface area contributed by atoms with Crippen molar-refractivity contribution in [2.75, 3.05) is 4.72 Å². The Hall–Kier alpha value is -3.80. The van der Waals surface area contributed by atoms with Crippen molar-refractivity contribution in [1.82, 2.24) is 14.8 Å². The summed E-state index contributed by atoms with van der Waals surface area (Å²) in [5.74, 6) is -3.01. The van der Waals surface area contributed by atoms with Crippen LogP contribution in [0.4, 0.5) is 27.8 Å². The molecule has 0 fully saturated rings. The molecule has 0 saturated heterocycles. The molecule has 2 aromatic carbocycles. The Morgan fingerprint density at radius 3 is 2.46 bits per heavy atom. The first kappa shape index (κ1) is 24.9. The van der Waals surface area contributed by atoms with E-state index in [-0.39, 0.29) is 10.8 Å². The molecule has 1 N–H and O–H groups in total. The van der Waals surface area contributed by atoms with Crippen molar-refractivity contribution in [2.24, 2.45) is 7.05 Å². The van der Waals surface area contributed by atoms with Crippen LogP contribution in [-0.4, -0.2) is 23.2 Å². The van der Waals surface area contributed by atoms with E-state index in [9.17, 15) is 30.4 Å². The van der Waals surface area contributed by atoms with Gasteiger partial charge in [0, 0.05) is 30.8 Å². The molecule has 2 heterocycles. The molecule has 0 aliphatic heterocycles. The van der Waals surface area contributed by atoms with Crippen molar-refractivity contribution in [2.45, 2.75) is 29.8 Å². The summed E-state index contributed by atoms with van der Waals surface area (Å²) in [5.41, 5.74) is 2.29. The number of nitrogens with zero attached hydrogens (tertiary/aromatic N) is 3. The first-order valence-corrected chi connectivity index (χ1v) is 12.6. The summed E-state index contributed by atoms with van der Waals surface area (Å²) in [6.07, 6.45) is -1.29. The molecule has 4 aromatic rings. The van der Waals surface area contributed by atoms with Gasteiger partial charge in [0.05, 0.1) is 22.3 Å². The van der Waals surface area contributed by atoms with Crippen molar-refractivity contribution in [3.8, 4) is 11.3 Å². The van der Waals surface area contributed by atoms with E-state index in [1.54, 1.807) is 19.2 Å². The fraction of sp³-hybridized carbons (Fsp3) is 0.200. The third-order valence-electron chi connectivity index (χ3n) is 6.39. The van der Waals surface area contributed by atoms with Gasteiger partial charge in [0.2, 0.25) is 0 Å². The zero-order chi connectivity index (χ0) is 26.5. The van der Waals surface area contributed by atoms with Crippen LogP contribution >= 0.6 is 0 Å². The predicted molar refractivity (Wildman–Crippen MR) is 125 cm³/mol. The Balaban J connectivity index is 1.52. The highest BCUT2D eigenvalue weighted by molar-refractivity contribution is 7.92. The van der Waals surface area contributed by atoms with Gasteiger partial charge in [0.1, 0.15) is 5.82 Å². The lowest BCUT2D eigenvalue weighted by molar-refractivity contribution is -0.137. The number of sulfonamides is 1. The number of aryl methyl sites for hydroxylation is 2. The van der Waals surface area contributed by atoms with Gasteiger partial charge in [0.25, 0.3) is 10.0 Å². The number of anilines is 1. The molecule has 0 amide bonds. The van der Waals surface area contributed by atoms with E-state index < -0.39 is 39.2 Å². The van der Waals surface area contributed by atoms with E-state index in [0.29, 0.717) is 47.5 Å². The number of halogens is 5. The molecule has 1 aliphatic rings. The number of hydrogen-bond acceptors (Lipinski definition) is 4. The van der Waals surface area contributed by atoms with Crippen LogP contribution in [0.3, 0.4) is 0 Å². The topological polar surface area (TPSA) is 76.9 Å². The second-order valence-electron chi connectivity index (χ2n) is 8.68. The molecule has 5 rings (SSSR count). The van der Waals surface area contributed by atoms with Gasteiger partial charge in [-0.2, -0.15) is 18.3 Å². The molecular formula is C25H19F5N4O2S. The molecule has 0 spiro atoms. The van der Waals surface area contributed by atoms with Crippen molar-refractivity contribution < 1.29 is 30.4 Å². The molecule has 2 aromatic heterocycles. The van der Waals surface area contributed by atoms with Crippen molar-refractivity contribution >= 4 is 15.8 Å². The number of fused-ring (bicyclic) bond motifs is 1. The maximum Gasteiger partial charge on any atom is 0.416 e. The van der Waals surface area contributed by atoms with Gasteiger partial charge in [-0.3, -0.25) is 9.40 Å². The summed E-state index contributed by atoms with van der Waals surface area (Å²) in [5, 5.41) is 4.09. The van der Waals surface area contributed by atoms with E-state index in [2.05, 4.69) is 10.1 Å². The van der Waals surface area contributed by atoms with Gasteiger partial charge < -0.3 is 0 Å². The molecule has 0 bridgehead atoms. The van der Waals surface area contributed by atoms with Crippen LogP contribution < -0.4 is 4.72 Å². The molecule has 1 aliphatic carbocycles. The van der Waals surface area contributed by atoms with E-state index in [0.717, 1.165) is 17.7 Å². The molecule has 1 atom stereocenters. The van der Waals surface area contributed by atoms with Crippen LogP contribution in [0.2, 0.25) is 0 Å². The summed E-state index contributed by atoms with van der Waals surface area (Å²) < 4.78 is 96.7. The summed E-state index contributed by atoms with van der Waals surface area (Å²) in [6.45, 7) is 0. The monoisotopic (exact) mass is 534 g/mol. The quantitative estimate of drug-likeness (QED) is 0.336. The van der Waals surface area contributed by atoms with Crippen LogP contribution in [0.25, 0.3) is 11.3 Å². The van der Waals surface area contributed by atoms with Crippen LogP contribution in [0, 0.1) is 11.6 Å². The van der Waals surface area contributed by atoms with Gasteiger partial charge >= 0.3 is 6.18 Å². The number of nitrogens with one attached hydrogen (secondary N) is 1. The molecular weight excluding hydrogens is 515 g/mol. The van der Waals surface area contributed by atoms with Gasteiger partial charge in [-0.15, -0.1) is 0 Å². The lowest BCUT2D eigenvalue weighted by Crippen LogP contribution is -2.15. The van der Waals surface area contributed by atoms with Crippen LogP contribution in [0.1, 0.15) is 34.6 Å². The number of aromatic nitrogens is 3. The predicted octanol–water partition coefficient (Wildman–Crippen LogP) is 5.66. The van der Waals surface area contributed by atoms with Crippen molar-refractivity contribution in [3.63, 3.8) is 0 Å². The summed E-state index contributed by atoms with van der Waals surface area (Å²) in [6, 6.07) is 10.2. The van der Waals surface area contributed by atoms with E-state index >= 15 is 0 Å². The normalized spacial score (nSPS) is 15.6. The average molecular weight is 535 g/mol. The first-order chi connectivity index (χ1) is 17.4. The van der Waals surface area contributed by atoms with Crippen molar-refractivity contribution in [3.05, 3.63) is 94.8 Å². The molecule has 192 valence electrons. The lowest BCUT2D eigenvalue weighted by atomic mass is 9.87. The molecule has 6 nitrogen and oxygen atoms in total. The SMILES string of the molecule is Cn1nccc1-c1cc(C(F)(F)F)ccc1[C@H]1CCc2cc(S(=O)(=O)Nc3ncc(F)cc3F)ccc21. The van der Waals surface area contributed by atoms with Crippen LogP contribution in [0.15, 0.2) is 65.8 Å². The fourth-order valence-corrected chi connectivity index (χ4v) is 5.72. The zero-order valence-corrected chi connectivity index (χ0v) is 20.0. The zero-order valence-electron chi connectivity index (χ0n) is 19.2. The summed E-state index contributed by atoms with van der Waals surface area (Å²) >= 11 is 0. The average Bonchev–Trinajstić information content (AvgIpc) is 3.45. The Morgan fingerprint density at radius 2 is 1.78 bits per heavy atom. The Bertz CT molecular complexity index is 1620. The lowest BCUT2D eigenvalue weighted by Gasteiger charge is -2.19. The number of alkyl halides is 3. The maximum atomic E-state index is 13.9. The maximum absolute atomic E-state index is 13.9. The van der Waals surface area contributed by atoms with E-state index in [1.165, 1.54) is 29.1 Å². The largest absolute Gasteiger partial charge is 0.416 e. The smallest absolute Gasteiger partial charge is 0.268 e. The molecule has 0 saturated carbocycles. The second kappa shape index (κ2) is 8.94. The van der Waals surface area contributed by atoms with Crippen LogP contribution in [-0.2, 0) is 29.7 Å². The highest BCUT2D eigenvalue weighted by Crippen LogP contribution is 2.44. The third kappa shape index (κ3) is 4.68. The molecule has 0 unspecified atom stereocenters. The van der Waals surface area contributed by atoms with E-state index in [1.807, 2.05) is 4.72 Å². The minimum atomic E-state index is -4.52. The summed E-state index contributed by atoms with van der Waals surface area (Å²) in [4.78, 5) is 3.31. The third-order valence-corrected chi connectivity index (χ3v) is 7.73. The fourth-order valence-electron chi connectivity index (χ4n) is 4.66. The Kier molecular flexibility index (Phi) is 6.01. The molecule has 12 heteroatoms. The van der Waals surface area contributed by atoms with Gasteiger partial charge in [-0.05, 0) is 59.9 Å². The van der Waals surface area contributed by atoms with E-state index in [4.69, 9.17) is 0 Å². The van der Waals surface area contributed by atoms with Gasteiger partial charge in [0.15, 0.2) is 11.6 Å². The second-order valence-corrected chi connectivity index (χ2v) is 10.4. The number of hydrogen-bond donors (Lipinski definition) is 1. The summed E-state index contributed by atoms with van der Waals surface area (Å²) in [7, 11) is -2.59. The molecule has 0 radical (unpaired) electrons. The minimum Gasteiger partial charge on any atom is -0.268 e. The minimum absolute atomic E-state index is 0.142. The number of rotatable bonds is 5. The number of benzene rings is 2. The highest BCUT2D eigenvalue weighted by Gasteiger charge is 2.34. The van der Waals surface area contributed by atoms with Gasteiger partial charge in [-0.1, -0.05) is 12.1 Å². The molecule has 37 heavy (non-hydrogen) atoms. The highest BCUT2D eigenvalue weighted by atomic mass is 32.2. The number of pyridine rings is 1. The van der Waals surface area contributed by atoms with Crippen LogP contribution in [0.5, 0.6) is 0 Å². The van der Waals surface area contributed by atoms with Gasteiger partial charge in [-0.25, -0.2) is 22.2 Å². The Labute approximate surface area is 208 Å². The standard InChI is InChI=1S/C25H19F5N4O2S/c1-34-23(8-9-32-34)21-11-15(25(28,29)30)3-6-20(21)19-5-2-14-10-17(4-7-18(14)19)37(35,36)33-24-22(27)12-16(26)13-31-24/h3-4,6-13,19H,2,5H2,1H3,(H,31,33)/t19-/m0/s1.